The van der Waals surface area contributed by atoms with Crippen molar-refractivity contribution in [2.24, 2.45) is 0 Å². The molecular weight excluding hydrogens is 378 g/mol. The van der Waals surface area contributed by atoms with E-state index in [-0.39, 0.29) is 6.61 Å². The third kappa shape index (κ3) is 3.56. The highest BCUT2D eigenvalue weighted by Crippen LogP contribution is 2.41. The number of nitrogens with zero attached hydrogens (tertiary/aromatic N) is 3. The van der Waals surface area contributed by atoms with Gasteiger partial charge in [-0.2, -0.15) is 4.98 Å². The van der Waals surface area contributed by atoms with E-state index >= 15 is 0 Å². The van der Waals surface area contributed by atoms with Crippen molar-refractivity contribution >= 4 is 39.0 Å². The Morgan fingerprint density at radius 3 is 2.85 bits per heavy atom. The van der Waals surface area contributed by atoms with Gasteiger partial charge in [0, 0.05) is 30.1 Å². The molecule has 1 aliphatic heterocycles. The summed E-state index contributed by atoms with van der Waals surface area (Å²) in [7, 11) is 0. The molecule has 27 heavy (non-hydrogen) atoms. The lowest BCUT2D eigenvalue weighted by Crippen LogP contribution is -2.40. The van der Waals surface area contributed by atoms with Crippen LogP contribution in [0.4, 0.5) is 5.82 Å². The van der Waals surface area contributed by atoms with Crippen molar-refractivity contribution in [3.63, 3.8) is 0 Å². The van der Waals surface area contributed by atoms with Crippen LogP contribution in [0.5, 0.6) is 0 Å². The molecule has 3 aromatic rings. The third-order valence-corrected chi connectivity index (χ3v) is 6.61. The van der Waals surface area contributed by atoms with Crippen LogP contribution in [0.3, 0.4) is 0 Å². The van der Waals surface area contributed by atoms with Gasteiger partial charge in [0.1, 0.15) is 10.6 Å². The van der Waals surface area contributed by atoms with E-state index < -0.39 is 0 Å². The Morgan fingerprint density at radius 2 is 2.07 bits per heavy atom. The molecule has 142 valence electrons. The standard InChI is InChI=1S/C21H24ClN3OS/c1-13-6-7-15(11-14(13)2)17-12-27-20-18(17)19(23-21(22)24-20)25-9-4-3-5-16(25)8-10-26/h6-7,11-12,16,26H,3-5,8-10H2,1-2H3. The molecule has 6 heteroatoms. The van der Waals surface area contributed by atoms with E-state index in [9.17, 15) is 5.11 Å². The molecule has 1 aliphatic rings. The minimum Gasteiger partial charge on any atom is -0.396 e. The lowest BCUT2D eigenvalue weighted by atomic mass is 9.97. The highest BCUT2D eigenvalue weighted by molar-refractivity contribution is 7.17. The second kappa shape index (κ2) is 7.74. The van der Waals surface area contributed by atoms with Crippen molar-refractivity contribution in [2.75, 3.05) is 18.1 Å². The molecule has 1 aromatic carbocycles. The number of rotatable bonds is 4. The molecule has 0 saturated carbocycles. The Labute approximate surface area is 168 Å². The van der Waals surface area contributed by atoms with Gasteiger partial charge in [0.2, 0.25) is 5.28 Å². The normalized spacial score (nSPS) is 17.6. The summed E-state index contributed by atoms with van der Waals surface area (Å²) in [5, 5.41) is 13.0. The van der Waals surface area contributed by atoms with E-state index in [1.165, 1.54) is 23.1 Å². The number of anilines is 1. The molecular formula is C21H24ClN3OS. The first-order chi connectivity index (χ1) is 13.1. The molecule has 1 saturated heterocycles. The highest BCUT2D eigenvalue weighted by atomic mass is 35.5. The maximum atomic E-state index is 9.52. The molecule has 1 fully saturated rings. The van der Waals surface area contributed by atoms with Crippen molar-refractivity contribution in [3.05, 3.63) is 40.0 Å². The summed E-state index contributed by atoms with van der Waals surface area (Å²) >= 11 is 7.89. The first-order valence-electron chi connectivity index (χ1n) is 9.48. The molecule has 1 atom stereocenters. The zero-order valence-electron chi connectivity index (χ0n) is 15.7. The fourth-order valence-corrected chi connectivity index (χ4v) is 5.11. The molecule has 0 aliphatic carbocycles. The Morgan fingerprint density at radius 1 is 1.22 bits per heavy atom. The van der Waals surface area contributed by atoms with E-state index in [1.807, 2.05) is 0 Å². The molecule has 4 nitrogen and oxygen atoms in total. The summed E-state index contributed by atoms with van der Waals surface area (Å²) in [4.78, 5) is 12.4. The number of halogens is 1. The van der Waals surface area contributed by atoms with Gasteiger partial charge in [0.25, 0.3) is 0 Å². The number of aliphatic hydroxyl groups is 1. The van der Waals surface area contributed by atoms with Gasteiger partial charge in [-0.15, -0.1) is 11.3 Å². The predicted octanol–water partition coefficient (Wildman–Crippen LogP) is 5.37. The average Bonchev–Trinajstić information content (AvgIpc) is 3.08. The van der Waals surface area contributed by atoms with Crippen LogP contribution in [-0.2, 0) is 0 Å². The Hall–Kier alpha value is -1.69. The molecule has 3 heterocycles. The Kier molecular flexibility index (Phi) is 5.35. The summed E-state index contributed by atoms with van der Waals surface area (Å²) in [6.07, 6.45) is 4.16. The predicted molar refractivity (Wildman–Crippen MR) is 114 cm³/mol. The van der Waals surface area contributed by atoms with E-state index in [4.69, 9.17) is 11.6 Å². The van der Waals surface area contributed by atoms with Crippen LogP contribution < -0.4 is 4.90 Å². The molecule has 0 bridgehead atoms. The smallest absolute Gasteiger partial charge is 0.225 e. The van der Waals surface area contributed by atoms with Gasteiger partial charge in [-0.3, -0.25) is 0 Å². The van der Waals surface area contributed by atoms with Crippen LogP contribution in [0.25, 0.3) is 21.3 Å². The maximum Gasteiger partial charge on any atom is 0.225 e. The zero-order chi connectivity index (χ0) is 19.0. The SMILES string of the molecule is Cc1ccc(-c2csc3nc(Cl)nc(N4CCCCC4CCO)c23)cc1C. The molecule has 1 N–H and O–H groups in total. The van der Waals surface area contributed by atoms with Gasteiger partial charge < -0.3 is 10.0 Å². The molecule has 0 spiro atoms. The molecule has 4 rings (SSSR count). The van der Waals surface area contributed by atoms with E-state index in [2.05, 4.69) is 52.3 Å². The zero-order valence-corrected chi connectivity index (χ0v) is 17.3. The van der Waals surface area contributed by atoms with Crippen molar-refractivity contribution in [1.82, 2.24) is 9.97 Å². The average molecular weight is 402 g/mol. The summed E-state index contributed by atoms with van der Waals surface area (Å²) in [5.41, 5.74) is 4.92. The van der Waals surface area contributed by atoms with Crippen molar-refractivity contribution in [3.8, 4) is 11.1 Å². The number of aryl methyl sites for hydroxylation is 2. The number of aromatic nitrogens is 2. The molecule has 0 radical (unpaired) electrons. The van der Waals surface area contributed by atoms with Crippen LogP contribution in [-0.4, -0.2) is 34.3 Å². The Bertz CT molecular complexity index is 969. The van der Waals surface area contributed by atoms with Crippen LogP contribution in [0, 0.1) is 13.8 Å². The monoisotopic (exact) mass is 401 g/mol. The first-order valence-corrected chi connectivity index (χ1v) is 10.7. The topological polar surface area (TPSA) is 49.2 Å². The van der Waals surface area contributed by atoms with Gasteiger partial charge in [0.05, 0.1) is 5.39 Å². The highest BCUT2D eigenvalue weighted by Gasteiger charge is 2.27. The van der Waals surface area contributed by atoms with E-state index in [1.54, 1.807) is 11.3 Å². The van der Waals surface area contributed by atoms with Crippen molar-refractivity contribution < 1.29 is 5.11 Å². The van der Waals surface area contributed by atoms with Crippen LogP contribution >= 0.6 is 22.9 Å². The number of hydrogen-bond donors (Lipinski definition) is 1. The van der Waals surface area contributed by atoms with Crippen molar-refractivity contribution in [2.45, 2.75) is 45.6 Å². The number of aliphatic hydroxyl groups excluding tert-OH is 1. The fraction of sp³-hybridized carbons (Fsp3) is 0.429. The summed E-state index contributed by atoms with van der Waals surface area (Å²) in [6, 6.07) is 6.87. The van der Waals surface area contributed by atoms with Crippen LogP contribution in [0.15, 0.2) is 23.6 Å². The van der Waals surface area contributed by atoms with E-state index in [0.717, 1.165) is 47.4 Å². The number of hydrogen-bond acceptors (Lipinski definition) is 5. The fourth-order valence-electron chi connectivity index (χ4n) is 3.96. The lowest BCUT2D eigenvalue weighted by molar-refractivity contribution is 0.262. The van der Waals surface area contributed by atoms with Gasteiger partial charge in [0.15, 0.2) is 0 Å². The Balaban J connectivity index is 1.89. The van der Waals surface area contributed by atoms with Gasteiger partial charge in [-0.05, 0) is 67.8 Å². The second-order valence-corrected chi connectivity index (χ2v) is 8.50. The molecule has 2 aromatic heterocycles. The number of benzene rings is 1. The van der Waals surface area contributed by atoms with E-state index in [0.29, 0.717) is 11.3 Å². The third-order valence-electron chi connectivity index (χ3n) is 5.57. The summed E-state index contributed by atoms with van der Waals surface area (Å²) in [5.74, 6) is 0.914. The summed E-state index contributed by atoms with van der Waals surface area (Å²) < 4.78 is 0. The molecule has 0 amide bonds. The number of fused-ring (bicyclic) bond motifs is 1. The summed E-state index contributed by atoms with van der Waals surface area (Å²) in [6.45, 7) is 5.40. The second-order valence-electron chi connectivity index (χ2n) is 7.30. The van der Waals surface area contributed by atoms with Gasteiger partial charge in [-0.25, -0.2) is 4.98 Å². The van der Waals surface area contributed by atoms with Crippen molar-refractivity contribution in [1.29, 1.82) is 0 Å². The maximum absolute atomic E-state index is 9.52. The lowest BCUT2D eigenvalue weighted by Gasteiger charge is -2.37. The van der Waals surface area contributed by atoms with Gasteiger partial charge in [-0.1, -0.05) is 18.2 Å². The quantitative estimate of drug-likeness (QED) is 0.597. The minimum atomic E-state index is 0.191. The van der Waals surface area contributed by atoms with Crippen LogP contribution in [0.1, 0.15) is 36.8 Å². The number of thiophene rings is 1. The molecule has 1 unspecified atom stereocenters. The largest absolute Gasteiger partial charge is 0.396 e. The minimum absolute atomic E-state index is 0.191. The van der Waals surface area contributed by atoms with Gasteiger partial charge >= 0.3 is 0 Å². The van der Waals surface area contributed by atoms with Crippen LogP contribution in [0.2, 0.25) is 5.28 Å². The number of piperidine rings is 1. The first kappa shape index (κ1) is 18.7.